The summed E-state index contributed by atoms with van der Waals surface area (Å²) < 4.78 is 22.0. The third-order valence-corrected chi connectivity index (χ3v) is 4.57. The summed E-state index contributed by atoms with van der Waals surface area (Å²) in [7, 11) is -2.84. The van der Waals surface area contributed by atoms with Crippen molar-refractivity contribution in [3.63, 3.8) is 0 Å². The fraction of sp³-hybridized carbons (Fsp3) is 0.875. The van der Waals surface area contributed by atoms with E-state index in [1.807, 2.05) is 6.92 Å². The number of nitrogens with zero attached hydrogens (tertiary/aromatic N) is 1. The summed E-state index contributed by atoms with van der Waals surface area (Å²) in [5, 5.41) is 3.06. The second-order valence-electron chi connectivity index (χ2n) is 3.84. The van der Waals surface area contributed by atoms with E-state index in [1.54, 1.807) is 4.90 Å². The van der Waals surface area contributed by atoms with Crippen LogP contribution in [0.2, 0.25) is 0 Å². The first kappa shape index (κ1) is 9.92. The van der Waals surface area contributed by atoms with Crippen LogP contribution in [-0.2, 0) is 14.6 Å². The molecular weight excluding hydrogens is 204 g/mol. The molecule has 0 radical (unpaired) electrons. The van der Waals surface area contributed by atoms with Crippen LogP contribution in [0.4, 0.5) is 0 Å². The molecular formula is C8H14N2O3S. The molecule has 2 fully saturated rings. The zero-order valence-electron chi connectivity index (χ0n) is 8.06. The predicted molar refractivity (Wildman–Crippen MR) is 51.4 cm³/mol. The fourth-order valence-electron chi connectivity index (χ4n) is 2.07. The Morgan fingerprint density at radius 2 is 2.14 bits per heavy atom. The lowest BCUT2D eigenvalue weighted by molar-refractivity contribution is -0.129. The van der Waals surface area contributed by atoms with E-state index in [-0.39, 0.29) is 29.6 Å². The van der Waals surface area contributed by atoms with Crippen molar-refractivity contribution in [3.8, 4) is 0 Å². The molecule has 0 saturated carbocycles. The Labute approximate surface area is 83.4 Å². The maximum Gasteiger partial charge on any atom is 0.238 e. The van der Waals surface area contributed by atoms with Gasteiger partial charge >= 0.3 is 0 Å². The smallest absolute Gasteiger partial charge is 0.238 e. The molecule has 1 unspecified atom stereocenters. The maximum atomic E-state index is 11.5. The number of nitrogens with one attached hydrogen (secondary N) is 1. The zero-order chi connectivity index (χ0) is 10.3. The van der Waals surface area contributed by atoms with Gasteiger partial charge < -0.3 is 4.90 Å². The van der Waals surface area contributed by atoms with Crippen molar-refractivity contribution in [1.29, 1.82) is 0 Å². The fourth-order valence-corrected chi connectivity index (χ4v) is 3.46. The Kier molecular flexibility index (Phi) is 2.27. The molecule has 1 atom stereocenters. The van der Waals surface area contributed by atoms with Gasteiger partial charge in [-0.15, -0.1) is 0 Å². The molecule has 0 aromatic rings. The number of hydrogen-bond donors (Lipinski definition) is 1. The van der Waals surface area contributed by atoms with Crippen LogP contribution in [0.3, 0.4) is 0 Å². The molecule has 2 aliphatic heterocycles. The molecule has 2 heterocycles. The van der Waals surface area contributed by atoms with Crippen molar-refractivity contribution in [2.24, 2.45) is 0 Å². The van der Waals surface area contributed by atoms with E-state index in [1.165, 1.54) is 0 Å². The van der Waals surface area contributed by atoms with Crippen LogP contribution in [0.15, 0.2) is 0 Å². The van der Waals surface area contributed by atoms with Gasteiger partial charge in [0.05, 0.1) is 30.3 Å². The lowest BCUT2D eigenvalue weighted by Crippen LogP contribution is -2.57. The van der Waals surface area contributed by atoms with Gasteiger partial charge in [0.2, 0.25) is 5.91 Å². The van der Waals surface area contributed by atoms with E-state index in [2.05, 4.69) is 5.32 Å². The van der Waals surface area contributed by atoms with Gasteiger partial charge in [0.25, 0.3) is 0 Å². The number of rotatable bonds is 2. The number of carbonyl (C=O) groups excluding carboxylic acids is 1. The second-order valence-corrected chi connectivity index (χ2v) is 5.99. The van der Waals surface area contributed by atoms with Gasteiger partial charge in [-0.2, -0.15) is 0 Å². The van der Waals surface area contributed by atoms with E-state index >= 15 is 0 Å². The minimum absolute atomic E-state index is 0.0248. The molecule has 0 aliphatic carbocycles. The Bertz CT molecular complexity index is 340. The molecule has 5 nitrogen and oxygen atoms in total. The van der Waals surface area contributed by atoms with Crippen molar-refractivity contribution in [2.45, 2.75) is 25.6 Å². The molecule has 14 heavy (non-hydrogen) atoms. The first-order chi connectivity index (χ1) is 6.53. The van der Waals surface area contributed by atoms with Crippen LogP contribution in [0.5, 0.6) is 0 Å². The average Bonchev–Trinajstić information content (AvgIpc) is 2.42. The van der Waals surface area contributed by atoms with Crippen molar-refractivity contribution >= 4 is 15.7 Å². The largest absolute Gasteiger partial charge is 0.321 e. The molecule has 2 saturated heterocycles. The van der Waals surface area contributed by atoms with Gasteiger partial charge in [0.1, 0.15) is 0 Å². The average molecular weight is 218 g/mol. The molecule has 1 amide bonds. The van der Waals surface area contributed by atoms with Crippen molar-refractivity contribution in [1.82, 2.24) is 10.2 Å². The van der Waals surface area contributed by atoms with Crippen LogP contribution < -0.4 is 5.32 Å². The minimum Gasteiger partial charge on any atom is -0.321 e. The Balaban J connectivity index is 2.06. The van der Waals surface area contributed by atoms with Gasteiger partial charge in [0.15, 0.2) is 9.84 Å². The highest BCUT2D eigenvalue weighted by Gasteiger charge is 2.44. The second kappa shape index (κ2) is 3.20. The van der Waals surface area contributed by atoms with Gasteiger partial charge in [-0.05, 0) is 6.42 Å². The molecule has 0 spiro atoms. The van der Waals surface area contributed by atoms with Crippen LogP contribution in [-0.4, -0.2) is 49.5 Å². The molecule has 1 N–H and O–H groups in total. The summed E-state index contributed by atoms with van der Waals surface area (Å²) in [6.07, 6.45) is 0.852. The molecule has 0 aromatic heterocycles. The highest BCUT2D eigenvalue weighted by Crippen LogP contribution is 2.22. The van der Waals surface area contributed by atoms with Gasteiger partial charge in [0, 0.05) is 0 Å². The molecule has 80 valence electrons. The maximum absolute atomic E-state index is 11.5. The lowest BCUT2D eigenvalue weighted by Gasteiger charge is -2.37. The number of sulfone groups is 1. The predicted octanol–water partition coefficient (Wildman–Crippen LogP) is -1.05. The Morgan fingerprint density at radius 1 is 1.50 bits per heavy atom. The van der Waals surface area contributed by atoms with Crippen LogP contribution in [0.1, 0.15) is 13.3 Å². The van der Waals surface area contributed by atoms with E-state index in [0.29, 0.717) is 6.54 Å². The number of carbonyl (C=O) groups is 1. The standard InChI is InChI=1S/C8H14N2O3S/c1-2-7-9-3-8(11)10(7)6-4-14(12,13)5-6/h6-7,9H,2-5H2,1H3. The first-order valence-corrected chi connectivity index (χ1v) is 6.60. The van der Waals surface area contributed by atoms with Crippen LogP contribution in [0, 0.1) is 0 Å². The zero-order valence-corrected chi connectivity index (χ0v) is 8.88. The summed E-state index contributed by atoms with van der Waals surface area (Å²) in [5.41, 5.74) is 0. The normalized spacial score (nSPS) is 31.9. The van der Waals surface area contributed by atoms with Crippen molar-refractivity contribution in [3.05, 3.63) is 0 Å². The first-order valence-electron chi connectivity index (χ1n) is 4.78. The number of amides is 1. The van der Waals surface area contributed by atoms with E-state index in [9.17, 15) is 13.2 Å². The van der Waals surface area contributed by atoms with E-state index < -0.39 is 9.84 Å². The highest BCUT2D eigenvalue weighted by molar-refractivity contribution is 7.92. The molecule has 0 bridgehead atoms. The third kappa shape index (κ3) is 1.52. The summed E-state index contributed by atoms with van der Waals surface area (Å²) in [6, 6.07) is -0.0903. The monoisotopic (exact) mass is 218 g/mol. The summed E-state index contributed by atoms with van der Waals surface area (Å²) in [4.78, 5) is 13.2. The SMILES string of the molecule is CCC1NCC(=O)N1C1CS(=O)(=O)C1. The molecule has 2 aliphatic rings. The van der Waals surface area contributed by atoms with Gasteiger partial charge in [-0.1, -0.05) is 6.92 Å². The van der Waals surface area contributed by atoms with Crippen molar-refractivity contribution < 1.29 is 13.2 Å². The highest BCUT2D eigenvalue weighted by atomic mass is 32.2. The molecule has 2 rings (SSSR count). The Morgan fingerprint density at radius 3 is 2.64 bits per heavy atom. The quantitative estimate of drug-likeness (QED) is 0.642. The van der Waals surface area contributed by atoms with Crippen LogP contribution in [0.25, 0.3) is 0 Å². The van der Waals surface area contributed by atoms with Crippen LogP contribution >= 0.6 is 0 Å². The van der Waals surface area contributed by atoms with Crippen molar-refractivity contribution in [2.75, 3.05) is 18.1 Å². The minimum atomic E-state index is -2.84. The van der Waals surface area contributed by atoms with Gasteiger partial charge in [-0.25, -0.2) is 8.42 Å². The molecule has 0 aromatic carbocycles. The molecule has 6 heteroatoms. The summed E-state index contributed by atoms with van der Waals surface area (Å²) in [6.45, 7) is 2.32. The Hall–Kier alpha value is -0.620. The topological polar surface area (TPSA) is 66.5 Å². The summed E-state index contributed by atoms with van der Waals surface area (Å²) in [5.74, 6) is 0.296. The lowest BCUT2D eigenvalue weighted by atomic mass is 10.2. The van der Waals surface area contributed by atoms with Gasteiger partial charge in [-0.3, -0.25) is 10.1 Å². The summed E-state index contributed by atoms with van der Waals surface area (Å²) >= 11 is 0. The van der Waals surface area contributed by atoms with E-state index in [0.717, 1.165) is 6.42 Å². The van der Waals surface area contributed by atoms with E-state index in [4.69, 9.17) is 0 Å². The third-order valence-electron chi connectivity index (χ3n) is 2.79. The number of hydrogen-bond acceptors (Lipinski definition) is 4.